The number of rotatable bonds is 8. The van der Waals surface area contributed by atoms with Gasteiger partial charge in [-0.25, -0.2) is 0 Å². The molecule has 98 valence electrons. The van der Waals surface area contributed by atoms with Gasteiger partial charge >= 0.3 is 0 Å². The van der Waals surface area contributed by atoms with E-state index in [1.54, 1.807) is 13.4 Å². The molecule has 0 saturated heterocycles. The molecule has 1 heterocycles. The fourth-order valence-electron chi connectivity index (χ4n) is 1.69. The van der Waals surface area contributed by atoms with Gasteiger partial charge in [-0.3, -0.25) is 4.90 Å². The number of hydrogen-bond acceptors (Lipinski definition) is 4. The average Bonchev–Trinajstić information content (AvgIpc) is 2.74. The first-order valence-corrected chi connectivity index (χ1v) is 6.14. The lowest BCUT2D eigenvalue weighted by atomic mass is 10.2. The molecule has 1 unspecified atom stereocenters. The lowest BCUT2D eigenvalue weighted by molar-refractivity contribution is 0.111. The Labute approximate surface area is 104 Å². The normalized spacial score (nSPS) is 13.2. The Bertz CT molecular complexity index is 312. The predicted molar refractivity (Wildman–Crippen MR) is 68.9 cm³/mol. The maximum absolute atomic E-state index is 5.49. The van der Waals surface area contributed by atoms with Crippen molar-refractivity contribution < 1.29 is 9.15 Å². The van der Waals surface area contributed by atoms with Gasteiger partial charge in [-0.15, -0.1) is 0 Å². The molecule has 4 nitrogen and oxygen atoms in total. The Hall–Kier alpha value is -0.840. The van der Waals surface area contributed by atoms with Crippen LogP contribution in [0.15, 0.2) is 16.7 Å². The minimum Gasteiger partial charge on any atom is -0.468 e. The molecule has 1 aromatic heterocycles. The van der Waals surface area contributed by atoms with Gasteiger partial charge in [-0.2, -0.15) is 0 Å². The Balaban J connectivity index is 2.52. The first kappa shape index (κ1) is 14.2. The Morgan fingerprint density at radius 2 is 2.29 bits per heavy atom. The number of hydrogen-bond donors (Lipinski definition) is 1. The summed E-state index contributed by atoms with van der Waals surface area (Å²) in [5.41, 5.74) is 1.25. The van der Waals surface area contributed by atoms with E-state index in [1.165, 1.54) is 5.56 Å². The van der Waals surface area contributed by atoms with Crippen molar-refractivity contribution in [3.63, 3.8) is 0 Å². The molecule has 0 amide bonds. The second kappa shape index (κ2) is 7.48. The van der Waals surface area contributed by atoms with E-state index in [4.69, 9.17) is 9.15 Å². The molecule has 0 saturated carbocycles. The highest BCUT2D eigenvalue weighted by Gasteiger charge is 2.13. The van der Waals surface area contributed by atoms with Crippen LogP contribution in [0.25, 0.3) is 0 Å². The van der Waals surface area contributed by atoms with Gasteiger partial charge in [-0.1, -0.05) is 6.92 Å². The van der Waals surface area contributed by atoms with Crippen LogP contribution in [0.1, 0.15) is 25.2 Å². The molecule has 4 heteroatoms. The SMILES string of the molecule is CCNCc1occc1CN(C)C(C)COC. The molecular formula is C13H24N2O2. The van der Waals surface area contributed by atoms with Crippen molar-refractivity contribution in [2.75, 3.05) is 27.3 Å². The Morgan fingerprint density at radius 1 is 1.53 bits per heavy atom. The van der Waals surface area contributed by atoms with Gasteiger partial charge in [0.15, 0.2) is 0 Å². The smallest absolute Gasteiger partial charge is 0.122 e. The molecule has 1 atom stereocenters. The van der Waals surface area contributed by atoms with Gasteiger partial charge in [0.1, 0.15) is 5.76 Å². The molecule has 0 aliphatic heterocycles. The zero-order valence-corrected chi connectivity index (χ0v) is 11.3. The van der Waals surface area contributed by atoms with E-state index in [0.717, 1.165) is 32.0 Å². The molecule has 1 aromatic rings. The van der Waals surface area contributed by atoms with Crippen molar-refractivity contribution in [2.24, 2.45) is 0 Å². The molecule has 0 spiro atoms. The number of nitrogens with zero attached hydrogens (tertiary/aromatic N) is 1. The molecule has 0 radical (unpaired) electrons. The standard InChI is InChI=1S/C13H24N2O2/c1-5-14-8-13-12(6-7-17-13)9-15(3)11(2)10-16-4/h6-7,11,14H,5,8-10H2,1-4H3. The summed E-state index contributed by atoms with van der Waals surface area (Å²) in [6, 6.07) is 2.45. The quantitative estimate of drug-likeness (QED) is 0.752. The number of ether oxygens (including phenoxy) is 1. The molecule has 0 aromatic carbocycles. The third-order valence-corrected chi connectivity index (χ3v) is 2.95. The second-order valence-electron chi connectivity index (χ2n) is 4.37. The van der Waals surface area contributed by atoms with Crippen LogP contribution in [-0.2, 0) is 17.8 Å². The first-order chi connectivity index (χ1) is 8.19. The molecule has 0 fully saturated rings. The number of nitrogens with one attached hydrogen (secondary N) is 1. The third-order valence-electron chi connectivity index (χ3n) is 2.95. The zero-order valence-electron chi connectivity index (χ0n) is 11.3. The van der Waals surface area contributed by atoms with E-state index in [-0.39, 0.29) is 0 Å². The van der Waals surface area contributed by atoms with Crippen molar-refractivity contribution in [3.05, 3.63) is 23.7 Å². The summed E-state index contributed by atoms with van der Waals surface area (Å²) >= 11 is 0. The van der Waals surface area contributed by atoms with E-state index >= 15 is 0 Å². The van der Waals surface area contributed by atoms with E-state index in [9.17, 15) is 0 Å². The lowest BCUT2D eigenvalue weighted by Crippen LogP contribution is -2.32. The van der Waals surface area contributed by atoms with E-state index in [2.05, 4.69) is 31.1 Å². The topological polar surface area (TPSA) is 37.6 Å². The second-order valence-corrected chi connectivity index (χ2v) is 4.37. The molecule has 0 bridgehead atoms. The van der Waals surface area contributed by atoms with Crippen molar-refractivity contribution >= 4 is 0 Å². The van der Waals surface area contributed by atoms with Crippen LogP contribution in [0.3, 0.4) is 0 Å². The van der Waals surface area contributed by atoms with Crippen LogP contribution in [0.5, 0.6) is 0 Å². The van der Waals surface area contributed by atoms with E-state index in [1.807, 2.05) is 6.07 Å². The van der Waals surface area contributed by atoms with Gasteiger partial charge in [0.2, 0.25) is 0 Å². The van der Waals surface area contributed by atoms with Crippen molar-refractivity contribution in [1.82, 2.24) is 10.2 Å². The number of methoxy groups -OCH3 is 1. The monoisotopic (exact) mass is 240 g/mol. The summed E-state index contributed by atoms with van der Waals surface area (Å²) in [6.07, 6.45) is 1.76. The molecule has 0 aliphatic carbocycles. The fourth-order valence-corrected chi connectivity index (χ4v) is 1.69. The van der Waals surface area contributed by atoms with Gasteiger partial charge in [0.25, 0.3) is 0 Å². The molecule has 1 N–H and O–H groups in total. The molecule has 0 aliphatic rings. The summed E-state index contributed by atoms with van der Waals surface area (Å²) in [5, 5.41) is 3.28. The fraction of sp³-hybridized carbons (Fsp3) is 0.692. The van der Waals surface area contributed by atoms with Crippen LogP contribution >= 0.6 is 0 Å². The maximum Gasteiger partial charge on any atom is 0.122 e. The van der Waals surface area contributed by atoms with E-state index in [0.29, 0.717) is 6.04 Å². The van der Waals surface area contributed by atoms with Crippen LogP contribution in [0, 0.1) is 0 Å². The van der Waals surface area contributed by atoms with Gasteiger partial charge in [0, 0.05) is 25.3 Å². The summed E-state index contributed by atoms with van der Waals surface area (Å²) < 4.78 is 10.6. The van der Waals surface area contributed by atoms with Crippen molar-refractivity contribution in [3.8, 4) is 0 Å². The highest BCUT2D eigenvalue weighted by atomic mass is 16.5. The summed E-state index contributed by atoms with van der Waals surface area (Å²) in [6.45, 7) is 7.64. The van der Waals surface area contributed by atoms with Crippen LogP contribution < -0.4 is 5.32 Å². The largest absolute Gasteiger partial charge is 0.468 e. The maximum atomic E-state index is 5.49. The Kier molecular flexibility index (Phi) is 6.26. The number of likely N-dealkylation sites (N-methyl/N-ethyl adjacent to an activating group) is 1. The molecule has 17 heavy (non-hydrogen) atoms. The predicted octanol–water partition coefficient (Wildman–Crippen LogP) is 1.86. The van der Waals surface area contributed by atoms with E-state index < -0.39 is 0 Å². The Morgan fingerprint density at radius 3 is 2.94 bits per heavy atom. The summed E-state index contributed by atoms with van der Waals surface area (Å²) in [4.78, 5) is 2.27. The zero-order chi connectivity index (χ0) is 12.7. The summed E-state index contributed by atoms with van der Waals surface area (Å²) in [7, 11) is 3.84. The van der Waals surface area contributed by atoms with Gasteiger partial charge < -0.3 is 14.5 Å². The number of furan rings is 1. The highest BCUT2D eigenvalue weighted by Crippen LogP contribution is 2.14. The van der Waals surface area contributed by atoms with Crippen molar-refractivity contribution in [2.45, 2.75) is 33.0 Å². The van der Waals surface area contributed by atoms with Crippen LogP contribution in [-0.4, -0.2) is 38.3 Å². The highest BCUT2D eigenvalue weighted by molar-refractivity contribution is 5.16. The lowest BCUT2D eigenvalue weighted by Gasteiger charge is -2.23. The van der Waals surface area contributed by atoms with Gasteiger partial charge in [0.05, 0.1) is 19.4 Å². The van der Waals surface area contributed by atoms with Crippen molar-refractivity contribution in [1.29, 1.82) is 0 Å². The minimum atomic E-state index is 0.405. The van der Waals surface area contributed by atoms with Crippen LogP contribution in [0.2, 0.25) is 0 Å². The first-order valence-electron chi connectivity index (χ1n) is 6.14. The third kappa shape index (κ3) is 4.50. The molecule has 1 rings (SSSR count). The average molecular weight is 240 g/mol. The summed E-state index contributed by atoms with van der Waals surface area (Å²) in [5.74, 6) is 1.03. The minimum absolute atomic E-state index is 0.405. The van der Waals surface area contributed by atoms with Crippen LogP contribution in [0.4, 0.5) is 0 Å². The van der Waals surface area contributed by atoms with Gasteiger partial charge in [-0.05, 0) is 26.6 Å². The molecular weight excluding hydrogens is 216 g/mol.